The van der Waals surface area contributed by atoms with E-state index in [1.165, 1.54) is 0 Å². The monoisotopic (exact) mass is 459 g/mol. The van der Waals surface area contributed by atoms with Crippen LogP contribution >= 0.6 is 23.2 Å². The standard InChI is InChI=1S/C24H27Cl2N3O2/c1-3-4-5-6-24(30)28(2)19-8-10-20(11-9-19)31-23(16-29-14-13-27-17-29)21-12-7-18(25)15-22(21)26/h7-15,17,23H,3-6,16H2,1-2H3. The Morgan fingerprint density at radius 1 is 1.16 bits per heavy atom. The number of rotatable bonds is 10. The highest BCUT2D eigenvalue weighted by molar-refractivity contribution is 6.35. The Hall–Kier alpha value is -2.50. The molecule has 0 bridgehead atoms. The first-order chi connectivity index (χ1) is 15.0. The number of carbonyl (C=O) groups excluding carboxylic acids is 1. The summed E-state index contributed by atoms with van der Waals surface area (Å²) in [5, 5.41) is 1.12. The number of nitrogens with zero attached hydrogens (tertiary/aromatic N) is 3. The van der Waals surface area contributed by atoms with Crippen LogP contribution in [0.25, 0.3) is 0 Å². The fourth-order valence-electron chi connectivity index (χ4n) is 3.30. The first-order valence-corrected chi connectivity index (χ1v) is 11.2. The summed E-state index contributed by atoms with van der Waals surface area (Å²) >= 11 is 12.5. The highest BCUT2D eigenvalue weighted by atomic mass is 35.5. The Balaban J connectivity index is 1.74. The molecule has 0 N–H and O–H groups in total. The van der Waals surface area contributed by atoms with Crippen molar-refractivity contribution in [3.05, 3.63) is 76.8 Å². The van der Waals surface area contributed by atoms with E-state index < -0.39 is 0 Å². The van der Waals surface area contributed by atoms with Crippen LogP contribution in [0.4, 0.5) is 5.69 Å². The molecule has 3 aromatic rings. The van der Waals surface area contributed by atoms with Crippen LogP contribution in [0.3, 0.4) is 0 Å². The van der Waals surface area contributed by atoms with Crippen LogP contribution in [0.15, 0.2) is 61.2 Å². The molecule has 3 rings (SSSR count). The molecule has 0 saturated heterocycles. The molecule has 0 aliphatic carbocycles. The summed E-state index contributed by atoms with van der Waals surface area (Å²) in [7, 11) is 1.81. The summed E-state index contributed by atoms with van der Waals surface area (Å²) in [5.74, 6) is 0.805. The van der Waals surface area contributed by atoms with Gasteiger partial charge in [0.05, 0.1) is 12.9 Å². The molecule has 0 aliphatic rings. The SMILES string of the molecule is CCCCCC(=O)N(C)c1ccc(OC(Cn2ccnc2)c2ccc(Cl)cc2Cl)cc1. The molecule has 0 spiro atoms. The second kappa shape index (κ2) is 11.2. The number of imidazole rings is 1. The zero-order valence-corrected chi connectivity index (χ0v) is 19.3. The van der Waals surface area contributed by atoms with Gasteiger partial charge in [0.25, 0.3) is 0 Å². The van der Waals surface area contributed by atoms with Gasteiger partial charge in [-0.05, 0) is 42.8 Å². The van der Waals surface area contributed by atoms with Crippen LogP contribution in [0, 0.1) is 0 Å². The fourth-order valence-corrected chi connectivity index (χ4v) is 3.83. The highest BCUT2D eigenvalue weighted by Crippen LogP contribution is 2.31. The molecule has 1 atom stereocenters. The Bertz CT molecular complexity index is 975. The van der Waals surface area contributed by atoms with Crippen molar-refractivity contribution < 1.29 is 9.53 Å². The smallest absolute Gasteiger partial charge is 0.226 e. The van der Waals surface area contributed by atoms with Gasteiger partial charge in [-0.25, -0.2) is 4.98 Å². The number of anilines is 1. The number of hydrogen-bond donors (Lipinski definition) is 0. The van der Waals surface area contributed by atoms with Gasteiger partial charge in [-0.1, -0.05) is 49.0 Å². The molecule has 0 aliphatic heterocycles. The summed E-state index contributed by atoms with van der Waals surface area (Å²) in [4.78, 5) is 18.2. The number of amides is 1. The van der Waals surface area contributed by atoms with Gasteiger partial charge < -0.3 is 14.2 Å². The van der Waals surface area contributed by atoms with E-state index in [1.54, 1.807) is 36.6 Å². The van der Waals surface area contributed by atoms with Crippen LogP contribution in [-0.4, -0.2) is 22.5 Å². The normalized spacial score (nSPS) is 11.9. The van der Waals surface area contributed by atoms with Crippen molar-refractivity contribution in [2.45, 2.75) is 45.3 Å². The van der Waals surface area contributed by atoms with E-state index in [9.17, 15) is 4.79 Å². The van der Waals surface area contributed by atoms with Crippen LogP contribution in [0.1, 0.15) is 44.3 Å². The van der Waals surface area contributed by atoms with Crippen molar-refractivity contribution in [2.75, 3.05) is 11.9 Å². The van der Waals surface area contributed by atoms with E-state index in [-0.39, 0.29) is 12.0 Å². The molecule has 1 amide bonds. The van der Waals surface area contributed by atoms with Crippen LogP contribution in [0.2, 0.25) is 10.0 Å². The molecule has 1 aromatic heterocycles. The van der Waals surface area contributed by atoms with E-state index >= 15 is 0 Å². The van der Waals surface area contributed by atoms with Crippen molar-refractivity contribution in [1.82, 2.24) is 9.55 Å². The number of carbonyl (C=O) groups is 1. The van der Waals surface area contributed by atoms with Gasteiger partial charge in [-0.2, -0.15) is 0 Å². The Morgan fingerprint density at radius 3 is 2.58 bits per heavy atom. The Labute approximate surface area is 193 Å². The molecule has 0 saturated carbocycles. The fraction of sp³-hybridized carbons (Fsp3) is 0.333. The summed E-state index contributed by atoms with van der Waals surface area (Å²) in [6.07, 6.45) is 8.65. The molecule has 1 heterocycles. The van der Waals surface area contributed by atoms with E-state index in [4.69, 9.17) is 27.9 Å². The first-order valence-electron chi connectivity index (χ1n) is 10.4. The molecule has 7 heteroatoms. The van der Waals surface area contributed by atoms with E-state index in [2.05, 4.69) is 11.9 Å². The third-order valence-corrected chi connectivity index (χ3v) is 5.68. The lowest BCUT2D eigenvalue weighted by molar-refractivity contribution is -0.118. The lowest BCUT2D eigenvalue weighted by Gasteiger charge is -2.22. The molecule has 1 unspecified atom stereocenters. The van der Waals surface area contributed by atoms with Gasteiger partial charge in [0.2, 0.25) is 5.91 Å². The quantitative estimate of drug-likeness (QED) is 0.322. The van der Waals surface area contributed by atoms with Gasteiger partial charge in [-0.3, -0.25) is 4.79 Å². The van der Waals surface area contributed by atoms with E-state index in [1.807, 2.05) is 41.1 Å². The zero-order chi connectivity index (χ0) is 22.2. The minimum atomic E-state index is -0.335. The number of aromatic nitrogens is 2. The molecular weight excluding hydrogens is 433 g/mol. The molecule has 164 valence electrons. The largest absolute Gasteiger partial charge is 0.484 e. The number of hydrogen-bond acceptors (Lipinski definition) is 3. The van der Waals surface area contributed by atoms with Gasteiger partial charge in [0.1, 0.15) is 11.9 Å². The minimum Gasteiger partial charge on any atom is -0.484 e. The summed E-state index contributed by atoms with van der Waals surface area (Å²) in [6, 6.07) is 12.9. The predicted molar refractivity (Wildman–Crippen MR) is 126 cm³/mol. The summed E-state index contributed by atoms with van der Waals surface area (Å²) < 4.78 is 8.23. The average Bonchev–Trinajstić information content (AvgIpc) is 3.26. The Morgan fingerprint density at radius 2 is 1.94 bits per heavy atom. The van der Waals surface area contributed by atoms with Crippen molar-refractivity contribution in [3.63, 3.8) is 0 Å². The molecule has 0 fully saturated rings. The van der Waals surface area contributed by atoms with E-state index in [0.29, 0.717) is 28.8 Å². The number of unbranched alkanes of at least 4 members (excludes halogenated alkanes) is 2. The minimum absolute atomic E-state index is 0.119. The molecular formula is C24H27Cl2N3O2. The van der Waals surface area contributed by atoms with Gasteiger partial charge >= 0.3 is 0 Å². The second-order valence-electron chi connectivity index (χ2n) is 7.44. The first kappa shape index (κ1) is 23.2. The third-order valence-electron chi connectivity index (χ3n) is 5.12. The van der Waals surface area contributed by atoms with Crippen LogP contribution < -0.4 is 9.64 Å². The topological polar surface area (TPSA) is 47.4 Å². The zero-order valence-electron chi connectivity index (χ0n) is 17.8. The van der Waals surface area contributed by atoms with Crippen molar-refractivity contribution in [3.8, 4) is 5.75 Å². The van der Waals surface area contributed by atoms with Gasteiger partial charge in [-0.15, -0.1) is 0 Å². The van der Waals surface area contributed by atoms with Crippen LogP contribution in [0.5, 0.6) is 5.75 Å². The average molecular weight is 460 g/mol. The third kappa shape index (κ3) is 6.49. The van der Waals surface area contributed by atoms with Crippen molar-refractivity contribution in [2.24, 2.45) is 0 Å². The summed E-state index contributed by atoms with van der Waals surface area (Å²) in [6.45, 7) is 2.67. The number of benzene rings is 2. The highest BCUT2D eigenvalue weighted by Gasteiger charge is 2.18. The van der Waals surface area contributed by atoms with Gasteiger partial charge in [0.15, 0.2) is 0 Å². The molecule has 0 radical (unpaired) electrons. The Kier molecular flexibility index (Phi) is 8.38. The maximum Gasteiger partial charge on any atom is 0.226 e. The summed E-state index contributed by atoms with van der Waals surface area (Å²) in [5.41, 5.74) is 1.68. The van der Waals surface area contributed by atoms with Gasteiger partial charge in [0, 0.05) is 47.2 Å². The predicted octanol–water partition coefficient (Wildman–Crippen LogP) is 6.55. The number of ether oxygens (including phenoxy) is 1. The second-order valence-corrected chi connectivity index (χ2v) is 8.28. The maximum atomic E-state index is 12.4. The molecule has 5 nitrogen and oxygen atoms in total. The van der Waals surface area contributed by atoms with Crippen LogP contribution in [-0.2, 0) is 11.3 Å². The van der Waals surface area contributed by atoms with E-state index in [0.717, 1.165) is 30.5 Å². The lowest BCUT2D eigenvalue weighted by atomic mass is 10.1. The number of halogens is 2. The lowest BCUT2D eigenvalue weighted by Crippen LogP contribution is -2.25. The maximum absolute atomic E-state index is 12.4. The van der Waals surface area contributed by atoms with Crippen molar-refractivity contribution >= 4 is 34.8 Å². The van der Waals surface area contributed by atoms with Crippen molar-refractivity contribution in [1.29, 1.82) is 0 Å². The molecule has 2 aromatic carbocycles. The molecule has 31 heavy (non-hydrogen) atoms.